The monoisotopic (exact) mass is 383 g/mol. The maximum Gasteiger partial charge on any atom is 0.254 e. The predicted molar refractivity (Wildman–Crippen MR) is 101 cm³/mol. The van der Waals surface area contributed by atoms with Crippen LogP contribution in [0.25, 0.3) is 11.5 Å². The minimum Gasteiger partial charge on any atom is -0.497 e. The Labute approximate surface area is 161 Å². The van der Waals surface area contributed by atoms with Gasteiger partial charge in [-0.3, -0.25) is 4.79 Å². The molecule has 0 atom stereocenters. The van der Waals surface area contributed by atoms with E-state index in [4.69, 9.17) is 20.8 Å². The van der Waals surface area contributed by atoms with Gasteiger partial charge < -0.3 is 14.1 Å². The summed E-state index contributed by atoms with van der Waals surface area (Å²) in [7, 11) is 1.58. The molecule has 1 aromatic heterocycles. The number of amides is 1. The third-order valence-electron chi connectivity index (χ3n) is 4.43. The first kappa shape index (κ1) is 17.5. The van der Waals surface area contributed by atoms with Gasteiger partial charge in [0.2, 0.25) is 11.8 Å². The molecule has 0 unspecified atom stereocenters. The number of aromatic nitrogens is 2. The molecule has 0 bridgehead atoms. The van der Waals surface area contributed by atoms with E-state index in [1.165, 1.54) is 0 Å². The Morgan fingerprint density at radius 3 is 2.70 bits per heavy atom. The first-order valence-corrected chi connectivity index (χ1v) is 9.05. The number of carbonyl (C=O) groups excluding carboxylic acids is 1. The summed E-state index contributed by atoms with van der Waals surface area (Å²) >= 11 is 5.91. The summed E-state index contributed by atoms with van der Waals surface area (Å²) in [6, 6.07) is 14.5. The average Bonchev–Trinajstić information content (AvgIpc) is 3.44. The fraction of sp³-hybridized carbons (Fsp3) is 0.250. The number of hydrogen-bond donors (Lipinski definition) is 0. The van der Waals surface area contributed by atoms with Gasteiger partial charge in [0.1, 0.15) is 5.75 Å². The molecule has 0 spiro atoms. The largest absolute Gasteiger partial charge is 0.497 e. The maximum atomic E-state index is 13.0. The highest BCUT2D eigenvalue weighted by atomic mass is 35.5. The van der Waals surface area contributed by atoms with Gasteiger partial charge >= 0.3 is 0 Å². The molecule has 138 valence electrons. The number of nitrogens with zero attached hydrogens (tertiary/aromatic N) is 3. The van der Waals surface area contributed by atoms with Crippen molar-refractivity contribution in [1.82, 2.24) is 15.1 Å². The Morgan fingerprint density at radius 2 is 2.00 bits per heavy atom. The molecule has 0 aliphatic heterocycles. The van der Waals surface area contributed by atoms with Crippen molar-refractivity contribution in [3.8, 4) is 17.2 Å². The van der Waals surface area contributed by atoms with Crippen molar-refractivity contribution in [3.63, 3.8) is 0 Å². The molecule has 2 aromatic carbocycles. The van der Waals surface area contributed by atoms with E-state index in [-0.39, 0.29) is 18.5 Å². The lowest BCUT2D eigenvalue weighted by molar-refractivity contribution is 0.0714. The van der Waals surface area contributed by atoms with Gasteiger partial charge in [-0.25, -0.2) is 0 Å². The van der Waals surface area contributed by atoms with Crippen LogP contribution in [0.5, 0.6) is 5.75 Å². The van der Waals surface area contributed by atoms with Crippen LogP contribution in [0.3, 0.4) is 0 Å². The topological polar surface area (TPSA) is 68.5 Å². The molecular weight excluding hydrogens is 366 g/mol. The van der Waals surface area contributed by atoms with Crippen molar-refractivity contribution in [1.29, 1.82) is 0 Å². The van der Waals surface area contributed by atoms with Crippen LogP contribution in [-0.2, 0) is 6.54 Å². The minimum absolute atomic E-state index is 0.0670. The lowest BCUT2D eigenvalue weighted by Gasteiger charge is -2.20. The lowest BCUT2D eigenvalue weighted by atomic mass is 10.2. The van der Waals surface area contributed by atoms with Crippen molar-refractivity contribution in [3.05, 3.63) is 65.0 Å². The van der Waals surface area contributed by atoms with E-state index in [1.807, 2.05) is 24.3 Å². The van der Waals surface area contributed by atoms with Crippen LogP contribution in [0.1, 0.15) is 29.1 Å². The van der Waals surface area contributed by atoms with E-state index < -0.39 is 0 Å². The highest BCUT2D eigenvalue weighted by Crippen LogP contribution is 2.31. The van der Waals surface area contributed by atoms with E-state index in [9.17, 15) is 4.79 Å². The first-order chi connectivity index (χ1) is 13.1. The van der Waals surface area contributed by atoms with Crippen LogP contribution >= 0.6 is 11.6 Å². The van der Waals surface area contributed by atoms with Crippen molar-refractivity contribution >= 4 is 17.5 Å². The Hall–Kier alpha value is -2.86. The molecule has 0 N–H and O–H groups in total. The Balaban J connectivity index is 1.54. The number of halogens is 1. The third kappa shape index (κ3) is 3.95. The van der Waals surface area contributed by atoms with Crippen molar-refractivity contribution < 1.29 is 13.9 Å². The number of rotatable bonds is 6. The van der Waals surface area contributed by atoms with Crippen molar-refractivity contribution in [2.75, 3.05) is 7.11 Å². The van der Waals surface area contributed by atoms with Crippen LogP contribution < -0.4 is 4.74 Å². The van der Waals surface area contributed by atoms with Gasteiger partial charge in [0, 0.05) is 22.2 Å². The molecule has 4 rings (SSSR count). The van der Waals surface area contributed by atoms with Gasteiger partial charge in [0.05, 0.1) is 13.7 Å². The second-order valence-corrected chi connectivity index (χ2v) is 6.84. The Kier molecular flexibility index (Phi) is 4.81. The number of carbonyl (C=O) groups is 1. The molecule has 6 nitrogen and oxygen atoms in total. The summed E-state index contributed by atoms with van der Waals surface area (Å²) in [5.41, 5.74) is 1.37. The van der Waals surface area contributed by atoms with Gasteiger partial charge in [-0.05, 0) is 55.3 Å². The summed E-state index contributed by atoms with van der Waals surface area (Å²) in [6.07, 6.45) is 1.96. The van der Waals surface area contributed by atoms with Crippen LogP contribution in [0.2, 0.25) is 5.02 Å². The fourth-order valence-electron chi connectivity index (χ4n) is 2.85. The quantitative estimate of drug-likeness (QED) is 0.638. The second kappa shape index (κ2) is 7.40. The Bertz CT molecular complexity index is 951. The Morgan fingerprint density at radius 1 is 1.22 bits per heavy atom. The van der Waals surface area contributed by atoms with E-state index in [1.54, 1.807) is 36.3 Å². The molecule has 0 saturated heterocycles. The zero-order valence-corrected chi connectivity index (χ0v) is 15.5. The molecule has 3 aromatic rings. The smallest absolute Gasteiger partial charge is 0.254 e. The highest BCUT2D eigenvalue weighted by molar-refractivity contribution is 6.30. The summed E-state index contributed by atoms with van der Waals surface area (Å²) in [4.78, 5) is 14.8. The molecule has 1 aliphatic carbocycles. The number of benzene rings is 2. The first-order valence-electron chi connectivity index (χ1n) is 8.67. The highest BCUT2D eigenvalue weighted by Gasteiger charge is 2.34. The summed E-state index contributed by atoms with van der Waals surface area (Å²) in [5.74, 6) is 1.40. The third-order valence-corrected chi connectivity index (χ3v) is 4.68. The summed E-state index contributed by atoms with van der Waals surface area (Å²) < 4.78 is 11.0. The van der Waals surface area contributed by atoms with E-state index in [2.05, 4.69) is 10.2 Å². The second-order valence-electron chi connectivity index (χ2n) is 6.40. The van der Waals surface area contributed by atoms with Gasteiger partial charge in [0.15, 0.2) is 0 Å². The predicted octanol–water partition coefficient (Wildman–Crippen LogP) is 4.20. The zero-order valence-electron chi connectivity index (χ0n) is 14.8. The number of hydrogen-bond acceptors (Lipinski definition) is 5. The summed E-state index contributed by atoms with van der Waals surface area (Å²) in [6.45, 7) is 0.279. The number of ether oxygens (including phenoxy) is 1. The molecule has 1 heterocycles. The fourth-order valence-corrected chi connectivity index (χ4v) is 2.97. The van der Waals surface area contributed by atoms with Gasteiger partial charge in [0.25, 0.3) is 5.91 Å². The van der Waals surface area contributed by atoms with Crippen LogP contribution in [0.4, 0.5) is 0 Å². The molecule has 1 amide bonds. The molecule has 1 aliphatic rings. The average molecular weight is 384 g/mol. The van der Waals surface area contributed by atoms with E-state index >= 15 is 0 Å². The molecule has 27 heavy (non-hydrogen) atoms. The van der Waals surface area contributed by atoms with Crippen LogP contribution in [0.15, 0.2) is 52.9 Å². The number of methoxy groups -OCH3 is 1. The summed E-state index contributed by atoms with van der Waals surface area (Å²) in [5, 5.41) is 8.84. The van der Waals surface area contributed by atoms with Crippen LogP contribution in [-0.4, -0.2) is 34.2 Å². The van der Waals surface area contributed by atoms with E-state index in [0.29, 0.717) is 28.1 Å². The van der Waals surface area contributed by atoms with Gasteiger partial charge in [-0.15, -0.1) is 10.2 Å². The zero-order chi connectivity index (χ0) is 18.8. The molecular formula is C20H18ClN3O3. The standard InChI is InChI=1S/C20H18ClN3O3/c1-26-17-4-2-3-14(11-17)20(25)24(16-9-10-16)12-18-22-23-19(27-18)13-5-7-15(21)8-6-13/h2-8,11,16H,9-10,12H2,1H3. The van der Waals surface area contributed by atoms with E-state index in [0.717, 1.165) is 18.4 Å². The van der Waals surface area contributed by atoms with Gasteiger partial charge in [-0.1, -0.05) is 17.7 Å². The molecule has 1 fully saturated rings. The maximum absolute atomic E-state index is 13.0. The van der Waals surface area contributed by atoms with Crippen molar-refractivity contribution in [2.45, 2.75) is 25.4 Å². The SMILES string of the molecule is COc1cccc(C(=O)N(Cc2nnc(-c3ccc(Cl)cc3)o2)C2CC2)c1. The lowest BCUT2D eigenvalue weighted by Crippen LogP contribution is -2.32. The molecule has 0 radical (unpaired) electrons. The minimum atomic E-state index is -0.0670. The normalized spacial score (nSPS) is 13.4. The molecule has 1 saturated carbocycles. The van der Waals surface area contributed by atoms with Gasteiger partial charge in [-0.2, -0.15) is 0 Å². The van der Waals surface area contributed by atoms with Crippen molar-refractivity contribution in [2.24, 2.45) is 0 Å². The molecule has 7 heteroatoms. The van der Waals surface area contributed by atoms with Crippen LogP contribution in [0, 0.1) is 0 Å².